The van der Waals surface area contributed by atoms with Crippen LogP contribution in [0.25, 0.3) is 23.1 Å². The summed E-state index contributed by atoms with van der Waals surface area (Å²) in [6.45, 7) is 0. The Bertz CT molecular complexity index is 989. The molecule has 2 N–H and O–H groups in total. The molecule has 0 radical (unpaired) electrons. The Balaban J connectivity index is 1.64. The third-order valence-electron chi connectivity index (χ3n) is 4.96. The molecule has 0 unspecified atom stereocenters. The maximum absolute atomic E-state index is 10.9. The smallest absolute Gasteiger partial charge is 0.270 e. The number of fused-ring (bicyclic) bond motifs is 1. The summed E-state index contributed by atoms with van der Waals surface area (Å²) in [5.74, 6) is 0.840. The molecule has 27 heavy (non-hydrogen) atoms. The molecule has 1 aliphatic rings. The maximum atomic E-state index is 10.9. The summed E-state index contributed by atoms with van der Waals surface area (Å²) in [4.78, 5) is 15.1. The summed E-state index contributed by atoms with van der Waals surface area (Å²) in [7, 11) is 0. The molecule has 0 saturated heterocycles. The standard InChI is InChI=1S/C20H21N5O2/c26-25(27)16-8-4-5-14(13-16)9-10-17-19-18(24-23-17)11-12-21-20(19)22-15-6-2-1-3-7-15/h4-5,8-13,15H,1-3,6-7H2,(H,21,22)(H,23,24)/b10-9+. The van der Waals surface area contributed by atoms with Crippen molar-refractivity contribution < 1.29 is 4.92 Å². The molecule has 0 atom stereocenters. The molecule has 7 heteroatoms. The number of aromatic amines is 1. The fourth-order valence-electron chi connectivity index (χ4n) is 3.58. The van der Waals surface area contributed by atoms with Gasteiger partial charge in [-0.05, 0) is 30.5 Å². The van der Waals surface area contributed by atoms with Crippen LogP contribution in [-0.4, -0.2) is 26.1 Å². The van der Waals surface area contributed by atoms with Gasteiger partial charge in [-0.15, -0.1) is 0 Å². The van der Waals surface area contributed by atoms with E-state index in [4.69, 9.17) is 0 Å². The largest absolute Gasteiger partial charge is 0.367 e. The first kappa shape index (κ1) is 17.2. The van der Waals surface area contributed by atoms with Crippen molar-refractivity contribution >= 4 is 34.6 Å². The number of nitro groups is 1. The number of hydrogen-bond donors (Lipinski definition) is 2. The lowest BCUT2D eigenvalue weighted by Crippen LogP contribution is -2.22. The molecular weight excluding hydrogens is 342 g/mol. The van der Waals surface area contributed by atoms with E-state index in [0.717, 1.165) is 40.8 Å². The zero-order valence-electron chi connectivity index (χ0n) is 14.9. The van der Waals surface area contributed by atoms with Gasteiger partial charge in [0.15, 0.2) is 0 Å². The summed E-state index contributed by atoms with van der Waals surface area (Å²) in [5.41, 5.74) is 2.52. The van der Waals surface area contributed by atoms with Gasteiger partial charge in [-0.2, -0.15) is 5.10 Å². The number of nitro benzene ring substituents is 1. The van der Waals surface area contributed by atoms with Gasteiger partial charge in [-0.1, -0.05) is 37.5 Å². The molecule has 3 aromatic rings. The topological polar surface area (TPSA) is 96.7 Å². The molecule has 0 bridgehead atoms. The highest BCUT2D eigenvalue weighted by molar-refractivity contribution is 5.97. The van der Waals surface area contributed by atoms with Crippen LogP contribution in [0.15, 0.2) is 36.5 Å². The van der Waals surface area contributed by atoms with Gasteiger partial charge in [0.05, 0.1) is 21.5 Å². The fraction of sp³-hybridized carbons (Fsp3) is 0.300. The van der Waals surface area contributed by atoms with E-state index in [1.807, 2.05) is 24.3 Å². The number of H-pyrrole nitrogens is 1. The molecule has 1 aromatic carbocycles. The normalized spacial score (nSPS) is 15.4. The van der Waals surface area contributed by atoms with Crippen molar-refractivity contribution in [2.45, 2.75) is 38.1 Å². The van der Waals surface area contributed by atoms with Crippen LogP contribution in [0.4, 0.5) is 11.5 Å². The number of benzene rings is 1. The van der Waals surface area contributed by atoms with E-state index in [0.29, 0.717) is 6.04 Å². The van der Waals surface area contributed by atoms with Gasteiger partial charge in [0, 0.05) is 24.4 Å². The Hall–Kier alpha value is -3.22. The molecule has 138 valence electrons. The Kier molecular flexibility index (Phi) is 4.82. The summed E-state index contributed by atoms with van der Waals surface area (Å²) < 4.78 is 0. The van der Waals surface area contributed by atoms with Gasteiger partial charge in [0.2, 0.25) is 0 Å². The number of pyridine rings is 1. The summed E-state index contributed by atoms with van der Waals surface area (Å²) in [5, 5.41) is 22.9. The van der Waals surface area contributed by atoms with E-state index >= 15 is 0 Å². The monoisotopic (exact) mass is 363 g/mol. The van der Waals surface area contributed by atoms with E-state index in [-0.39, 0.29) is 10.6 Å². The molecular formula is C20H21N5O2. The summed E-state index contributed by atoms with van der Waals surface area (Å²) in [6.07, 6.45) is 11.6. The number of non-ortho nitro benzene ring substituents is 1. The van der Waals surface area contributed by atoms with Crippen molar-refractivity contribution in [3.63, 3.8) is 0 Å². The maximum Gasteiger partial charge on any atom is 0.270 e. The highest BCUT2D eigenvalue weighted by atomic mass is 16.6. The molecule has 4 rings (SSSR count). The van der Waals surface area contributed by atoms with E-state index in [1.165, 1.54) is 25.3 Å². The number of rotatable bonds is 5. The van der Waals surface area contributed by atoms with E-state index in [2.05, 4.69) is 20.5 Å². The van der Waals surface area contributed by atoms with Crippen molar-refractivity contribution in [3.8, 4) is 0 Å². The first-order chi connectivity index (χ1) is 13.2. The van der Waals surface area contributed by atoms with Crippen LogP contribution < -0.4 is 5.32 Å². The average Bonchev–Trinajstić information content (AvgIpc) is 3.12. The van der Waals surface area contributed by atoms with Crippen LogP contribution in [-0.2, 0) is 0 Å². The highest BCUT2D eigenvalue weighted by Gasteiger charge is 2.16. The second-order valence-electron chi connectivity index (χ2n) is 6.86. The minimum Gasteiger partial charge on any atom is -0.367 e. The molecule has 2 aromatic heterocycles. The second kappa shape index (κ2) is 7.57. The van der Waals surface area contributed by atoms with Crippen LogP contribution in [0.5, 0.6) is 0 Å². The number of aromatic nitrogens is 3. The first-order valence-electron chi connectivity index (χ1n) is 9.23. The minimum atomic E-state index is -0.390. The molecule has 1 fully saturated rings. The quantitative estimate of drug-likeness (QED) is 0.502. The lowest BCUT2D eigenvalue weighted by Gasteiger charge is -2.23. The molecule has 7 nitrogen and oxygen atoms in total. The molecule has 0 aliphatic heterocycles. The zero-order chi connectivity index (χ0) is 18.6. The SMILES string of the molecule is O=[N+]([O-])c1cccc(/C=C/c2[nH]nc3ccnc(NC4CCCCC4)c23)c1. The van der Waals surface area contributed by atoms with E-state index in [9.17, 15) is 10.1 Å². The first-order valence-corrected chi connectivity index (χ1v) is 9.23. The van der Waals surface area contributed by atoms with Gasteiger partial charge in [-0.3, -0.25) is 15.2 Å². The Morgan fingerprint density at radius 2 is 2.04 bits per heavy atom. The summed E-state index contributed by atoms with van der Waals surface area (Å²) in [6, 6.07) is 8.87. The van der Waals surface area contributed by atoms with Crippen LogP contribution in [0.2, 0.25) is 0 Å². The van der Waals surface area contributed by atoms with Crippen molar-refractivity contribution in [1.82, 2.24) is 15.2 Å². The average molecular weight is 363 g/mol. The number of nitrogens with one attached hydrogen (secondary N) is 2. The van der Waals surface area contributed by atoms with E-state index in [1.54, 1.807) is 18.3 Å². The minimum absolute atomic E-state index is 0.0768. The van der Waals surface area contributed by atoms with Crippen LogP contribution in [0, 0.1) is 10.1 Å². The van der Waals surface area contributed by atoms with Crippen LogP contribution in [0.3, 0.4) is 0 Å². The lowest BCUT2D eigenvalue weighted by atomic mass is 9.95. The Labute approximate surface area is 156 Å². The second-order valence-corrected chi connectivity index (χ2v) is 6.86. The third kappa shape index (κ3) is 3.81. The Morgan fingerprint density at radius 3 is 2.85 bits per heavy atom. The van der Waals surface area contributed by atoms with Gasteiger partial charge < -0.3 is 5.32 Å². The molecule has 0 spiro atoms. The predicted molar refractivity (Wildman–Crippen MR) is 106 cm³/mol. The zero-order valence-corrected chi connectivity index (χ0v) is 14.9. The fourth-order valence-corrected chi connectivity index (χ4v) is 3.58. The van der Waals surface area contributed by atoms with Crippen molar-refractivity contribution in [2.75, 3.05) is 5.32 Å². The van der Waals surface area contributed by atoms with Gasteiger partial charge in [0.1, 0.15) is 5.82 Å². The van der Waals surface area contributed by atoms with Gasteiger partial charge >= 0.3 is 0 Å². The van der Waals surface area contributed by atoms with Crippen LogP contribution >= 0.6 is 0 Å². The molecule has 1 saturated carbocycles. The molecule has 2 heterocycles. The van der Waals surface area contributed by atoms with E-state index < -0.39 is 0 Å². The highest BCUT2D eigenvalue weighted by Crippen LogP contribution is 2.28. The predicted octanol–water partition coefficient (Wildman–Crippen LogP) is 4.78. The Morgan fingerprint density at radius 1 is 1.19 bits per heavy atom. The number of hydrogen-bond acceptors (Lipinski definition) is 5. The van der Waals surface area contributed by atoms with Gasteiger partial charge in [-0.25, -0.2) is 4.98 Å². The molecule has 1 aliphatic carbocycles. The van der Waals surface area contributed by atoms with Crippen molar-refractivity contribution in [2.24, 2.45) is 0 Å². The van der Waals surface area contributed by atoms with Crippen molar-refractivity contribution in [3.05, 3.63) is 57.9 Å². The summed E-state index contributed by atoms with van der Waals surface area (Å²) >= 11 is 0. The van der Waals surface area contributed by atoms with Gasteiger partial charge in [0.25, 0.3) is 5.69 Å². The van der Waals surface area contributed by atoms with Crippen LogP contribution in [0.1, 0.15) is 43.4 Å². The van der Waals surface area contributed by atoms with Crippen molar-refractivity contribution in [1.29, 1.82) is 0 Å². The third-order valence-corrected chi connectivity index (χ3v) is 4.96. The number of nitrogens with zero attached hydrogens (tertiary/aromatic N) is 3. The lowest BCUT2D eigenvalue weighted by molar-refractivity contribution is -0.384. The number of anilines is 1. The molecule has 0 amide bonds.